The van der Waals surface area contributed by atoms with Crippen LogP contribution in [0.4, 0.5) is 11.4 Å². The Balaban J connectivity index is 1.49. The van der Waals surface area contributed by atoms with Crippen LogP contribution in [0.25, 0.3) is 0 Å². The van der Waals surface area contributed by atoms with Crippen molar-refractivity contribution in [2.45, 2.75) is 83.8 Å². The van der Waals surface area contributed by atoms with E-state index in [1.165, 1.54) is 0 Å². The zero-order valence-corrected chi connectivity index (χ0v) is 20.6. The first-order chi connectivity index (χ1) is 15.2. The maximum absolute atomic E-state index is 13.4. The number of rotatable bonds is 3. The first-order valence-electron chi connectivity index (χ1n) is 12.4. The number of piperidine rings is 2. The SMILES string of the molecule is CC(C)N1CCC(CC(=O)N2CCC[C@]3(C2)Nc2ccccc2NC3=NC(C)(C)C)CC1. The molecule has 3 aliphatic heterocycles. The minimum atomic E-state index is -0.351. The number of carbonyl (C=O) groups excluding carboxylic acids is 1. The predicted octanol–water partition coefficient (Wildman–Crippen LogP) is 4.59. The van der Waals surface area contributed by atoms with Crippen LogP contribution in [0.2, 0.25) is 0 Å². The number of nitrogens with zero attached hydrogens (tertiary/aromatic N) is 3. The quantitative estimate of drug-likeness (QED) is 0.723. The maximum atomic E-state index is 13.4. The highest BCUT2D eigenvalue weighted by Crippen LogP contribution is 2.37. The van der Waals surface area contributed by atoms with Gasteiger partial charge in [0.2, 0.25) is 5.91 Å². The number of amides is 1. The minimum absolute atomic E-state index is 0.194. The Hall–Kier alpha value is -2.08. The van der Waals surface area contributed by atoms with Crippen molar-refractivity contribution in [2.24, 2.45) is 10.9 Å². The van der Waals surface area contributed by atoms with E-state index < -0.39 is 0 Å². The average Bonchev–Trinajstić information content (AvgIpc) is 2.74. The second-order valence-corrected chi connectivity index (χ2v) is 11.2. The summed E-state index contributed by atoms with van der Waals surface area (Å²) in [5.41, 5.74) is 1.61. The number of aliphatic imine (C=N–C) groups is 1. The third-order valence-corrected chi connectivity index (χ3v) is 7.14. The van der Waals surface area contributed by atoms with Crippen LogP contribution in [-0.2, 0) is 4.79 Å². The van der Waals surface area contributed by atoms with E-state index in [-0.39, 0.29) is 11.1 Å². The van der Waals surface area contributed by atoms with Crippen molar-refractivity contribution in [3.63, 3.8) is 0 Å². The summed E-state index contributed by atoms with van der Waals surface area (Å²) >= 11 is 0. The molecule has 2 fully saturated rings. The van der Waals surface area contributed by atoms with Crippen molar-refractivity contribution >= 4 is 23.1 Å². The fraction of sp³-hybridized carbons (Fsp3) is 0.692. The fourth-order valence-corrected chi connectivity index (χ4v) is 5.35. The summed E-state index contributed by atoms with van der Waals surface area (Å²) in [6.45, 7) is 14.7. The molecule has 4 rings (SSSR count). The molecule has 0 unspecified atom stereocenters. The molecule has 32 heavy (non-hydrogen) atoms. The summed E-state index contributed by atoms with van der Waals surface area (Å²) in [4.78, 5) is 23.1. The van der Waals surface area contributed by atoms with Gasteiger partial charge in [-0.3, -0.25) is 9.79 Å². The molecular formula is C26H41N5O. The highest BCUT2D eigenvalue weighted by atomic mass is 16.2. The molecule has 1 aromatic carbocycles. The molecule has 1 aromatic rings. The fourth-order valence-electron chi connectivity index (χ4n) is 5.35. The number of para-hydroxylation sites is 2. The Morgan fingerprint density at radius 1 is 1.16 bits per heavy atom. The lowest BCUT2D eigenvalue weighted by atomic mass is 9.84. The molecule has 176 valence electrons. The lowest BCUT2D eigenvalue weighted by Gasteiger charge is -2.48. The second kappa shape index (κ2) is 9.05. The molecule has 1 atom stereocenters. The molecule has 0 saturated carbocycles. The Morgan fingerprint density at radius 2 is 1.84 bits per heavy atom. The zero-order chi connectivity index (χ0) is 22.9. The third kappa shape index (κ3) is 5.11. The molecule has 6 heteroatoms. The molecule has 0 aliphatic carbocycles. The van der Waals surface area contributed by atoms with E-state index in [0.717, 1.165) is 62.5 Å². The van der Waals surface area contributed by atoms with Crippen LogP contribution in [-0.4, -0.2) is 64.8 Å². The molecule has 3 aliphatic rings. The van der Waals surface area contributed by atoms with E-state index in [9.17, 15) is 4.79 Å². The standard InChI is InChI=1S/C26H41N5O/c1-19(2)30-15-11-20(12-16-30)17-23(32)31-14-8-13-26(18-31)24(29-25(3,4)5)27-21-9-6-7-10-22(21)28-26/h6-7,9-10,19-20,28H,8,11-18H2,1-5H3,(H,27,29)/t26-/m1/s1. The van der Waals surface area contributed by atoms with E-state index in [0.29, 0.717) is 30.8 Å². The molecule has 6 nitrogen and oxygen atoms in total. The molecule has 2 saturated heterocycles. The van der Waals surface area contributed by atoms with E-state index in [4.69, 9.17) is 4.99 Å². The van der Waals surface area contributed by atoms with Gasteiger partial charge < -0.3 is 20.4 Å². The van der Waals surface area contributed by atoms with Gasteiger partial charge in [-0.15, -0.1) is 0 Å². The number of likely N-dealkylation sites (tertiary alicyclic amines) is 2. The van der Waals surface area contributed by atoms with Crippen LogP contribution in [0.3, 0.4) is 0 Å². The number of hydrogen-bond acceptors (Lipinski definition) is 4. The highest BCUT2D eigenvalue weighted by molar-refractivity contribution is 6.10. The summed E-state index contributed by atoms with van der Waals surface area (Å²) in [6, 6.07) is 8.90. The molecule has 3 heterocycles. The van der Waals surface area contributed by atoms with Crippen LogP contribution >= 0.6 is 0 Å². The molecule has 0 bridgehead atoms. The third-order valence-electron chi connectivity index (χ3n) is 7.14. The van der Waals surface area contributed by atoms with Gasteiger partial charge in [-0.25, -0.2) is 0 Å². The normalized spacial score (nSPS) is 26.2. The Labute approximate surface area is 193 Å². The first-order valence-corrected chi connectivity index (χ1v) is 12.4. The molecule has 2 N–H and O–H groups in total. The predicted molar refractivity (Wildman–Crippen MR) is 133 cm³/mol. The van der Waals surface area contributed by atoms with Crippen LogP contribution in [0.5, 0.6) is 0 Å². The first kappa shape index (κ1) is 23.1. The zero-order valence-electron chi connectivity index (χ0n) is 20.6. The molecule has 0 radical (unpaired) electrons. The average molecular weight is 440 g/mol. The van der Waals surface area contributed by atoms with Gasteiger partial charge in [0.25, 0.3) is 0 Å². The smallest absolute Gasteiger partial charge is 0.222 e. The van der Waals surface area contributed by atoms with Crippen LogP contribution < -0.4 is 10.6 Å². The van der Waals surface area contributed by atoms with Crippen molar-refractivity contribution in [2.75, 3.05) is 36.8 Å². The van der Waals surface area contributed by atoms with E-state index >= 15 is 0 Å². The number of nitrogens with one attached hydrogen (secondary N) is 2. The van der Waals surface area contributed by atoms with Gasteiger partial charge in [-0.2, -0.15) is 0 Å². The molecular weight excluding hydrogens is 398 g/mol. The number of fused-ring (bicyclic) bond motifs is 1. The molecule has 1 amide bonds. The number of carbonyl (C=O) groups is 1. The van der Waals surface area contributed by atoms with Crippen molar-refractivity contribution < 1.29 is 4.79 Å². The largest absolute Gasteiger partial charge is 0.370 e. The Bertz CT molecular complexity index is 850. The summed E-state index contributed by atoms with van der Waals surface area (Å²) in [7, 11) is 0. The van der Waals surface area contributed by atoms with E-state index in [2.05, 4.69) is 73.3 Å². The van der Waals surface area contributed by atoms with Crippen molar-refractivity contribution in [1.29, 1.82) is 0 Å². The monoisotopic (exact) mass is 439 g/mol. The van der Waals surface area contributed by atoms with Crippen LogP contribution in [0.1, 0.15) is 66.7 Å². The summed E-state index contributed by atoms with van der Waals surface area (Å²) in [6.07, 6.45) is 4.90. The lowest BCUT2D eigenvalue weighted by molar-refractivity contribution is -0.134. The van der Waals surface area contributed by atoms with Gasteiger partial charge >= 0.3 is 0 Å². The maximum Gasteiger partial charge on any atom is 0.222 e. The van der Waals surface area contributed by atoms with Crippen LogP contribution in [0.15, 0.2) is 29.3 Å². The summed E-state index contributed by atoms with van der Waals surface area (Å²) in [5.74, 6) is 1.78. The topological polar surface area (TPSA) is 60.0 Å². The molecule has 0 aromatic heterocycles. The number of amidine groups is 1. The summed E-state index contributed by atoms with van der Waals surface area (Å²) < 4.78 is 0. The second-order valence-electron chi connectivity index (χ2n) is 11.2. The number of anilines is 2. The highest BCUT2D eigenvalue weighted by Gasteiger charge is 2.45. The van der Waals surface area contributed by atoms with Gasteiger partial charge in [0.1, 0.15) is 11.4 Å². The molecule has 1 spiro atoms. The Kier molecular flexibility index (Phi) is 6.53. The van der Waals surface area contributed by atoms with Gasteiger partial charge in [-0.1, -0.05) is 12.1 Å². The van der Waals surface area contributed by atoms with E-state index in [1.54, 1.807) is 0 Å². The van der Waals surface area contributed by atoms with Gasteiger partial charge in [0, 0.05) is 19.0 Å². The van der Waals surface area contributed by atoms with Crippen molar-refractivity contribution in [1.82, 2.24) is 9.80 Å². The Morgan fingerprint density at radius 3 is 2.50 bits per heavy atom. The number of benzene rings is 1. The van der Waals surface area contributed by atoms with Crippen molar-refractivity contribution in [3.05, 3.63) is 24.3 Å². The van der Waals surface area contributed by atoms with Crippen LogP contribution in [0, 0.1) is 5.92 Å². The van der Waals surface area contributed by atoms with Crippen molar-refractivity contribution in [3.8, 4) is 0 Å². The van der Waals surface area contributed by atoms with Gasteiger partial charge in [0.05, 0.1) is 23.5 Å². The number of hydrogen-bond donors (Lipinski definition) is 2. The summed E-state index contributed by atoms with van der Waals surface area (Å²) in [5, 5.41) is 7.41. The lowest BCUT2D eigenvalue weighted by Crippen LogP contribution is -2.63. The van der Waals surface area contributed by atoms with Gasteiger partial charge in [-0.05, 0) is 91.4 Å². The van der Waals surface area contributed by atoms with E-state index in [1.807, 2.05) is 6.07 Å². The minimum Gasteiger partial charge on any atom is -0.370 e. The van der Waals surface area contributed by atoms with Gasteiger partial charge in [0.15, 0.2) is 0 Å².